The van der Waals surface area contributed by atoms with Crippen molar-refractivity contribution in [1.29, 1.82) is 0 Å². The second kappa shape index (κ2) is 5.50. The number of aryl methyl sites for hydroxylation is 1. The van der Waals surface area contributed by atoms with Crippen LogP contribution in [0.5, 0.6) is 0 Å². The smallest absolute Gasteiger partial charge is 0.339 e. The van der Waals surface area contributed by atoms with Crippen LogP contribution in [-0.2, 0) is 19.9 Å². The number of hydrogen-bond donors (Lipinski definition) is 0. The van der Waals surface area contributed by atoms with E-state index in [4.69, 9.17) is 9.47 Å². The molecule has 23 heavy (non-hydrogen) atoms. The molecular formula is C20H22O3. The highest BCUT2D eigenvalue weighted by Crippen LogP contribution is 2.52. The van der Waals surface area contributed by atoms with Gasteiger partial charge in [-0.15, -0.1) is 0 Å². The van der Waals surface area contributed by atoms with Crippen molar-refractivity contribution < 1.29 is 14.3 Å². The molecule has 0 bridgehead atoms. The van der Waals surface area contributed by atoms with E-state index in [2.05, 4.69) is 0 Å². The van der Waals surface area contributed by atoms with Gasteiger partial charge in [0.15, 0.2) is 11.7 Å². The van der Waals surface area contributed by atoms with Crippen molar-refractivity contribution in [3.8, 4) is 0 Å². The van der Waals surface area contributed by atoms with Gasteiger partial charge in [-0.05, 0) is 38.8 Å². The van der Waals surface area contributed by atoms with Gasteiger partial charge in [-0.25, -0.2) is 4.79 Å². The Hall–Kier alpha value is -2.13. The number of benzene rings is 2. The number of ether oxygens (including phenoxy) is 2. The maximum Gasteiger partial charge on any atom is 0.339 e. The zero-order valence-electron chi connectivity index (χ0n) is 14.0. The average molecular weight is 310 g/mol. The fraction of sp³-hybridized carbons (Fsp3) is 0.350. The van der Waals surface area contributed by atoms with Crippen LogP contribution in [0.1, 0.15) is 37.5 Å². The standard InChI is InChI=1S/C20H22O3/c1-14-10-12-16(13-11-14)20(15-8-6-5-7-9-15)17(22-20)18(21)23-19(2,3)4/h5-13,17H,1-4H3. The monoisotopic (exact) mass is 310 g/mol. The van der Waals surface area contributed by atoms with E-state index in [1.807, 2.05) is 82.3 Å². The van der Waals surface area contributed by atoms with Crippen molar-refractivity contribution in [3.63, 3.8) is 0 Å². The Kier molecular flexibility index (Phi) is 3.77. The molecule has 0 spiro atoms. The van der Waals surface area contributed by atoms with E-state index in [0.717, 1.165) is 11.1 Å². The maximum atomic E-state index is 12.5. The van der Waals surface area contributed by atoms with Crippen LogP contribution in [0.25, 0.3) is 0 Å². The normalized spacial score (nSPS) is 23.4. The molecule has 1 fully saturated rings. The minimum atomic E-state index is -0.739. The molecule has 1 saturated heterocycles. The fourth-order valence-corrected chi connectivity index (χ4v) is 2.81. The molecule has 2 aromatic carbocycles. The Labute approximate surface area is 137 Å². The van der Waals surface area contributed by atoms with E-state index in [0.29, 0.717) is 0 Å². The Bertz CT molecular complexity index is 698. The van der Waals surface area contributed by atoms with Gasteiger partial charge >= 0.3 is 5.97 Å². The third-order valence-corrected chi connectivity index (χ3v) is 3.92. The van der Waals surface area contributed by atoms with E-state index in [-0.39, 0.29) is 5.97 Å². The SMILES string of the molecule is Cc1ccc(C2(c3ccccc3)OC2C(=O)OC(C)(C)C)cc1. The first-order valence-corrected chi connectivity index (χ1v) is 7.86. The molecule has 2 unspecified atom stereocenters. The lowest BCUT2D eigenvalue weighted by Crippen LogP contribution is -2.30. The summed E-state index contributed by atoms with van der Waals surface area (Å²) in [4.78, 5) is 12.5. The van der Waals surface area contributed by atoms with Gasteiger partial charge in [0.2, 0.25) is 0 Å². The Morgan fingerprint density at radius 2 is 1.57 bits per heavy atom. The van der Waals surface area contributed by atoms with Crippen LogP contribution in [-0.4, -0.2) is 17.7 Å². The molecule has 1 aliphatic rings. The van der Waals surface area contributed by atoms with Crippen molar-refractivity contribution in [1.82, 2.24) is 0 Å². The highest BCUT2D eigenvalue weighted by molar-refractivity contribution is 5.82. The van der Waals surface area contributed by atoms with E-state index >= 15 is 0 Å². The van der Waals surface area contributed by atoms with Gasteiger partial charge in [0.1, 0.15) is 5.60 Å². The molecule has 0 radical (unpaired) electrons. The molecule has 0 saturated carbocycles. The summed E-state index contributed by atoms with van der Waals surface area (Å²) in [5, 5.41) is 0. The van der Waals surface area contributed by atoms with Crippen LogP contribution in [0.2, 0.25) is 0 Å². The summed E-state index contributed by atoms with van der Waals surface area (Å²) in [6.07, 6.45) is -0.605. The van der Waals surface area contributed by atoms with Crippen LogP contribution in [0.15, 0.2) is 54.6 Å². The number of epoxide rings is 1. The Morgan fingerprint density at radius 1 is 1.00 bits per heavy atom. The van der Waals surface area contributed by atoms with Crippen molar-refractivity contribution >= 4 is 5.97 Å². The van der Waals surface area contributed by atoms with Crippen molar-refractivity contribution in [2.75, 3.05) is 0 Å². The molecule has 1 heterocycles. The molecule has 0 aromatic heterocycles. The Morgan fingerprint density at radius 3 is 2.13 bits per heavy atom. The summed E-state index contributed by atoms with van der Waals surface area (Å²) >= 11 is 0. The zero-order valence-corrected chi connectivity index (χ0v) is 14.0. The number of carbonyl (C=O) groups excluding carboxylic acids is 1. The predicted molar refractivity (Wildman–Crippen MR) is 89.1 cm³/mol. The van der Waals surface area contributed by atoms with E-state index in [1.54, 1.807) is 0 Å². The minimum absolute atomic E-state index is 0.318. The molecule has 0 aliphatic carbocycles. The topological polar surface area (TPSA) is 38.8 Å². The third kappa shape index (κ3) is 3.02. The lowest BCUT2D eigenvalue weighted by molar-refractivity contribution is -0.156. The molecule has 120 valence electrons. The highest BCUT2D eigenvalue weighted by atomic mass is 16.7. The molecule has 3 nitrogen and oxygen atoms in total. The molecule has 2 aromatic rings. The number of carbonyl (C=O) groups is 1. The second-order valence-corrected chi connectivity index (χ2v) is 7.00. The minimum Gasteiger partial charge on any atom is -0.458 e. The van der Waals surface area contributed by atoms with Gasteiger partial charge in [0, 0.05) is 0 Å². The summed E-state index contributed by atoms with van der Waals surface area (Å²) in [6, 6.07) is 18.0. The van der Waals surface area contributed by atoms with Crippen LogP contribution in [0.3, 0.4) is 0 Å². The Balaban J connectivity index is 1.98. The molecular weight excluding hydrogens is 288 g/mol. The predicted octanol–water partition coefficient (Wildman–Crippen LogP) is 3.98. The van der Waals surface area contributed by atoms with Crippen LogP contribution in [0, 0.1) is 6.92 Å². The van der Waals surface area contributed by atoms with Gasteiger partial charge in [0.25, 0.3) is 0 Å². The molecule has 3 heteroatoms. The van der Waals surface area contributed by atoms with E-state index in [1.165, 1.54) is 5.56 Å². The quantitative estimate of drug-likeness (QED) is 0.636. The zero-order chi connectivity index (χ0) is 16.7. The van der Waals surface area contributed by atoms with Crippen LogP contribution < -0.4 is 0 Å². The number of esters is 1. The molecule has 2 atom stereocenters. The van der Waals surface area contributed by atoms with Gasteiger partial charge in [-0.3, -0.25) is 0 Å². The third-order valence-electron chi connectivity index (χ3n) is 3.92. The van der Waals surface area contributed by atoms with Crippen molar-refractivity contribution in [2.24, 2.45) is 0 Å². The van der Waals surface area contributed by atoms with Gasteiger partial charge in [-0.2, -0.15) is 0 Å². The average Bonchev–Trinajstić information content (AvgIpc) is 3.24. The molecule has 0 N–H and O–H groups in total. The largest absolute Gasteiger partial charge is 0.458 e. The van der Waals surface area contributed by atoms with Crippen molar-refractivity contribution in [2.45, 2.75) is 45.0 Å². The summed E-state index contributed by atoms with van der Waals surface area (Å²) in [5.41, 5.74) is 1.85. The first-order valence-electron chi connectivity index (χ1n) is 7.86. The summed E-state index contributed by atoms with van der Waals surface area (Å²) < 4.78 is 11.5. The van der Waals surface area contributed by atoms with Crippen LogP contribution in [0.4, 0.5) is 0 Å². The van der Waals surface area contributed by atoms with E-state index in [9.17, 15) is 4.79 Å². The van der Waals surface area contributed by atoms with Gasteiger partial charge in [-0.1, -0.05) is 60.2 Å². The van der Waals surface area contributed by atoms with E-state index < -0.39 is 17.3 Å². The molecule has 0 amide bonds. The highest BCUT2D eigenvalue weighted by Gasteiger charge is 2.64. The van der Waals surface area contributed by atoms with Crippen LogP contribution >= 0.6 is 0 Å². The lowest BCUT2D eigenvalue weighted by atomic mass is 9.87. The maximum absolute atomic E-state index is 12.5. The number of rotatable bonds is 3. The first-order chi connectivity index (χ1) is 10.8. The summed E-state index contributed by atoms with van der Waals surface area (Å²) in [7, 11) is 0. The molecule has 1 aliphatic heterocycles. The summed E-state index contributed by atoms with van der Waals surface area (Å²) in [5.74, 6) is -0.318. The van der Waals surface area contributed by atoms with Gasteiger partial charge < -0.3 is 9.47 Å². The van der Waals surface area contributed by atoms with Gasteiger partial charge in [0.05, 0.1) is 0 Å². The second-order valence-electron chi connectivity index (χ2n) is 7.00. The number of hydrogen-bond acceptors (Lipinski definition) is 3. The first kappa shape index (κ1) is 15.8. The van der Waals surface area contributed by atoms with Crippen molar-refractivity contribution in [3.05, 3.63) is 71.3 Å². The molecule has 3 rings (SSSR count). The fourth-order valence-electron chi connectivity index (χ4n) is 2.81. The lowest BCUT2D eigenvalue weighted by Gasteiger charge is -2.20. The summed E-state index contributed by atoms with van der Waals surface area (Å²) in [6.45, 7) is 7.63.